The fraction of sp³-hybridized carbons (Fsp3) is 0.571. The normalized spacial score (nSPS) is 11.5. The SMILES string of the molecule is CCOC(CNCc1cccc(C(F)F)c1)OCC. The Labute approximate surface area is 112 Å². The van der Waals surface area contributed by atoms with Gasteiger partial charge in [0.2, 0.25) is 0 Å². The molecule has 0 unspecified atom stereocenters. The minimum Gasteiger partial charge on any atom is -0.352 e. The highest BCUT2D eigenvalue weighted by molar-refractivity contribution is 5.24. The van der Waals surface area contributed by atoms with Gasteiger partial charge in [-0.25, -0.2) is 8.78 Å². The lowest BCUT2D eigenvalue weighted by atomic mass is 10.1. The fourth-order valence-electron chi connectivity index (χ4n) is 1.71. The van der Waals surface area contributed by atoms with Crippen LogP contribution in [0.25, 0.3) is 0 Å². The van der Waals surface area contributed by atoms with E-state index in [2.05, 4.69) is 5.32 Å². The molecule has 0 fully saturated rings. The van der Waals surface area contributed by atoms with Crippen molar-refractivity contribution in [2.45, 2.75) is 33.1 Å². The maximum Gasteiger partial charge on any atom is 0.263 e. The number of rotatable bonds is 9. The summed E-state index contributed by atoms with van der Waals surface area (Å²) in [6, 6.07) is 6.39. The Kier molecular flexibility index (Phi) is 7.55. The summed E-state index contributed by atoms with van der Waals surface area (Å²) in [5.74, 6) is 0. The van der Waals surface area contributed by atoms with Crippen LogP contribution in [0.2, 0.25) is 0 Å². The van der Waals surface area contributed by atoms with E-state index in [1.54, 1.807) is 6.07 Å². The molecule has 3 nitrogen and oxygen atoms in total. The third kappa shape index (κ3) is 6.09. The van der Waals surface area contributed by atoms with E-state index in [4.69, 9.17) is 9.47 Å². The molecule has 0 aliphatic rings. The second kappa shape index (κ2) is 8.96. The number of ether oxygens (including phenoxy) is 2. The van der Waals surface area contributed by atoms with E-state index in [0.29, 0.717) is 26.3 Å². The van der Waals surface area contributed by atoms with Gasteiger partial charge in [-0.05, 0) is 25.5 Å². The molecule has 0 bridgehead atoms. The highest BCUT2D eigenvalue weighted by Crippen LogP contribution is 2.19. The zero-order valence-corrected chi connectivity index (χ0v) is 11.4. The highest BCUT2D eigenvalue weighted by atomic mass is 19.3. The van der Waals surface area contributed by atoms with Crippen molar-refractivity contribution in [1.82, 2.24) is 5.32 Å². The summed E-state index contributed by atoms with van der Waals surface area (Å²) in [5, 5.41) is 3.14. The molecule has 0 saturated heterocycles. The predicted molar refractivity (Wildman–Crippen MR) is 70.1 cm³/mol. The molecule has 0 aliphatic carbocycles. The molecule has 0 spiro atoms. The van der Waals surface area contributed by atoms with E-state index in [9.17, 15) is 8.78 Å². The largest absolute Gasteiger partial charge is 0.352 e. The van der Waals surface area contributed by atoms with E-state index in [1.807, 2.05) is 19.9 Å². The third-order valence-corrected chi connectivity index (χ3v) is 2.55. The van der Waals surface area contributed by atoms with Gasteiger partial charge in [0.05, 0.1) is 0 Å². The molecule has 0 aromatic heterocycles. The number of halogens is 2. The van der Waals surface area contributed by atoms with Crippen LogP contribution >= 0.6 is 0 Å². The fourth-order valence-corrected chi connectivity index (χ4v) is 1.71. The van der Waals surface area contributed by atoms with Crippen LogP contribution in [0.3, 0.4) is 0 Å². The molecule has 5 heteroatoms. The van der Waals surface area contributed by atoms with E-state index < -0.39 is 6.43 Å². The van der Waals surface area contributed by atoms with Gasteiger partial charge in [-0.3, -0.25) is 0 Å². The van der Waals surface area contributed by atoms with Crippen molar-refractivity contribution in [3.63, 3.8) is 0 Å². The molecule has 1 rings (SSSR count). The zero-order chi connectivity index (χ0) is 14.1. The van der Waals surface area contributed by atoms with E-state index in [0.717, 1.165) is 5.56 Å². The van der Waals surface area contributed by atoms with E-state index in [1.165, 1.54) is 12.1 Å². The number of hydrogen-bond acceptors (Lipinski definition) is 3. The molecule has 0 atom stereocenters. The first-order valence-electron chi connectivity index (χ1n) is 6.48. The molecule has 1 aromatic carbocycles. The second-order valence-corrected chi connectivity index (χ2v) is 4.02. The first-order chi connectivity index (χ1) is 9.17. The van der Waals surface area contributed by atoms with Gasteiger partial charge in [0.25, 0.3) is 6.43 Å². The highest BCUT2D eigenvalue weighted by Gasteiger charge is 2.09. The van der Waals surface area contributed by atoms with Gasteiger partial charge >= 0.3 is 0 Å². The number of nitrogens with one attached hydrogen (secondary N) is 1. The van der Waals surface area contributed by atoms with Crippen LogP contribution < -0.4 is 5.32 Å². The molecule has 0 radical (unpaired) electrons. The van der Waals surface area contributed by atoms with Gasteiger partial charge in [0.1, 0.15) is 0 Å². The van der Waals surface area contributed by atoms with E-state index in [-0.39, 0.29) is 11.9 Å². The zero-order valence-electron chi connectivity index (χ0n) is 11.4. The average molecular weight is 273 g/mol. The quantitative estimate of drug-likeness (QED) is 0.701. The molecule has 0 amide bonds. The van der Waals surface area contributed by atoms with Crippen molar-refractivity contribution in [1.29, 1.82) is 0 Å². The van der Waals surface area contributed by atoms with Gasteiger partial charge in [0.15, 0.2) is 6.29 Å². The first kappa shape index (κ1) is 16.0. The Bertz CT molecular complexity index is 355. The minimum absolute atomic E-state index is 0.0467. The van der Waals surface area contributed by atoms with Crippen LogP contribution in [-0.2, 0) is 16.0 Å². The molecule has 1 aromatic rings. The van der Waals surface area contributed by atoms with Crippen molar-refractivity contribution in [2.24, 2.45) is 0 Å². The molecular formula is C14H21F2NO2. The van der Waals surface area contributed by atoms with Gasteiger partial charge < -0.3 is 14.8 Å². The average Bonchev–Trinajstić information content (AvgIpc) is 2.39. The molecule has 19 heavy (non-hydrogen) atoms. The monoisotopic (exact) mass is 273 g/mol. The molecular weight excluding hydrogens is 252 g/mol. The van der Waals surface area contributed by atoms with Crippen LogP contribution in [-0.4, -0.2) is 26.0 Å². The molecule has 1 N–H and O–H groups in total. The van der Waals surface area contributed by atoms with Crippen LogP contribution in [0, 0.1) is 0 Å². The van der Waals surface area contributed by atoms with Gasteiger partial charge in [-0.2, -0.15) is 0 Å². The molecule has 0 heterocycles. The lowest BCUT2D eigenvalue weighted by Gasteiger charge is -2.17. The van der Waals surface area contributed by atoms with Crippen LogP contribution in [0.4, 0.5) is 8.78 Å². The second-order valence-electron chi connectivity index (χ2n) is 4.02. The van der Waals surface area contributed by atoms with Gasteiger partial charge in [-0.1, -0.05) is 18.2 Å². The van der Waals surface area contributed by atoms with Gasteiger partial charge in [0, 0.05) is 31.9 Å². The molecule has 0 aliphatic heterocycles. The number of benzene rings is 1. The Hall–Kier alpha value is -1.04. The van der Waals surface area contributed by atoms with Crippen LogP contribution in [0.1, 0.15) is 31.4 Å². The van der Waals surface area contributed by atoms with Crippen LogP contribution in [0.5, 0.6) is 0 Å². The summed E-state index contributed by atoms with van der Waals surface area (Å²) in [5.41, 5.74) is 0.870. The minimum atomic E-state index is -2.43. The summed E-state index contributed by atoms with van der Waals surface area (Å²) in [7, 11) is 0. The summed E-state index contributed by atoms with van der Waals surface area (Å²) in [6.07, 6.45) is -2.73. The van der Waals surface area contributed by atoms with Crippen molar-refractivity contribution in [3.05, 3.63) is 35.4 Å². The van der Waals surface area contributed by atoms with Crippen molar-refractivity contribution in [3.8, 4) is 0 Å². The molecule has 108 valence electrons. The van der Waals surface area contributed by atoms with Crippen molar-refractivity contribution >= 4 is 0 Å². The maximum atomic E-state index is 12.5. The summed E-state index contributed by atoms with van der Waals surface area (Å²) in [4.78, 5) is 0. The summed E-state index contributed by atoms with van der Waals surface area (Å²) >= 11 is 0. The predicted octanol–water partition coefficient (Wildman–Crippen LogP) is 3.11. The Morgan fingerprint density at radius 1 is 1.16 bits per heavy atom. The lowest BCUT2D eigenvalue weighted by Crippen LogP contribution is -2.31. The molecule has 0 saturated carbocycles. The number of hydrogen-bond donors (Lipinski definition) is 1. The number of alkyl halides is 2. The Morgan fingerprint density at radius 2 is 1.84 bits per heavy atom. The van der Waals surface area contributed by atoms with Crippen LogP contribution in [0.15, 0.2) is 24.3 Å². The standard InChI is InChI=1S/C14H21F2NO2/c1-3-18-13(19-4-2)10-17-9-11-6-5-7-12(8-11)14(15)16/h5-8,13-14,17H,3-4,9-10H2,1-2H3. The van der Waals surface area contributed by atoms with Gasteiger partial charge in [-0.15, -0.1) is 0 Å². The van der Waals surface area contributed by atoms with E-state index >= 15 is 0 Å². The smallest absolute Gasteiger partial charge is 0.263 e. The van der Waals surface area contributed by atoms with Crippen molar-refractivity contribution < 1.29 is 18.3 Å². The summed E-state index contributed by atoms with van der Waals surface area (Å²) < 4.78 is 35.8. The first-order valence-corrected chi connectivity index (χ1v) is 6.48. The maximum absolute atomic E-state index is 12.5. The Balaban J connectivity index is 2.41. The lowest BCUT2D eigenvalue weighted by molar-refractivity contribution is -0.133. The Morgan fingerprint density at radius 3 is 2.42 bits per heavy atom. The third-order valence-electron chi connectivity index (χ3n) is 2.55. The van der Waals surface area contributed by atoms with Crippen molar-refractivity contribution in [2.75, 3.05) is 19.8 Å². The topological polar surface area (TPSA) is 30.5 Å². The summed E-state index contributed by atoms with van der Waals surface area (Å²) in [6.45, 7) is 5.99.